The van der Waals surface area contributed by atoms with Crippen molar-refractivity contribution in [2.45, 2.75) is 31.8 Å². The highest BCUT2D eigenvalue weighted by Crippen LogP contribution is 2.22. The Balaban J connectivity index is 1.96. The molecule has 2 N–H and O–H groups in total. The molecule has 0 spiro atoms. The highest BCUT2D eigenvalue weighted by Gasteiger charge is 2.17. The zero-order chi connectivity index (χ0) is 15.1. The van der Waals surface area contributed by atoms with Gasteiger partial charge in [-0.3, -0.25) is 4.90 Å². The van der Waals surface area contributed by atoms with E-state index in [1.165, 1.54) is 11.1 Å². The predicted molar refractivity (Wildman–Crippen MR) is 90.2 cm³/mol. The summed E-state index contributed by atoms with van der Waals surface area (Å²) in [5, 5.41) is 0. The molecular formula is C19H26N2. The molecule has 0 radical (unpaired) electrons. The molecule has 2 unspecified atom stereocenters. The van der Waals surface area contributed by atoms with Crippen molar-refractivity contribution in [1.82, 2.24) is 4.90 Å². The van der Waals surface area contributed by atoms with Gasteiger partial charge >= 0.3 is 0 Å². The Morgan fingerprint density at radius 2 is 1.52 bits per heavy atom. The monoisotopic (exact) mass is 282 g/mol. The average molecular weight is 282 g/mol. The van der Waals surface area contributed by atoms with Crippen LogP contribution in [0.2, 0.25) is 0 Å². The van der Waals surface area contributed by atoms with Gasteiger partial charge in [-0.15, -0.1) is 0 Å². The molecule has 0 bridgehead atoms. The van der Waals surface area contributed by atoms with Gasteiger partial charge in [0, 0.05) is 19.1 Å². The normalized spacial score (nSPS) is 14.1. The summed E-state index contributed by atoms with van der Waals surface area (Å²) in [6.07, 6.45) is 1.09. The Morgan fingerprint density at radius 1 is 0.952 bits per heavy atom. The Hall–Kier alpha value is -1.64. The van der Waals surface area contributed by atoms with Crippen LogP contribution in [0.4, 0.5) is 0 Å². The van der Waals surface area contributed by atoms with Gasteiger partial charge in [-0.1, -0.05) is 67.6 Å². The summed E-state index contributed by atoms with van der Waals surface area (Å²) in [5.74, 6) is 0.526. The highest BCUT2D eigenvalue weighted by molar-refractivity contribution is 5.19. The predicted octanol–water partition coefficient (Wildman–Crippen LogP) is 3.64. The first-order valence-corrected chi connectivity index (χ1v) is 7.70. The molecule has 112 valence electrons. The third-order valence-corrected chi connectivity index (χ3v) is 4.16. The van der Waals surface area contributed by atoms with Crippen LogP contribution in [0.1, 0.15) is 30.4 Å². The fraction of sp³-hybridized carbons (Fsp3) is 0.368. The second kappa shape index (κ2) is 7.96. The van der Waals surface area contributed by atoms with E-state index in [9.17, 15) is 0 Å². The summed E-state index contributed by atoms with van der Waals surface area (Å²) >= 11 is 0. The van der Waals surface area contributed by atoms with E-state index in [0.29, 0.717) is 18.5 Å². The SMILES string of the molecule is CC(CC(CN)N(C)Cc1ccccc1)c1ccccc1. The molecule has 2 aromatic carbocycles. The third-order valence-electron chi connectivity index (χ3n) is 4.16. The number of hydrogen-bond acceptors (Lipinski definition) is 2. The highest BCUT2D eigenvalue weighted by atomic mass is 15.1. The van der Waals surface area contributed by atoms with Crippen LogP contribution < -0.4 is 5.73 Å². The first-order valence-electron chi connectivity index (χ1n) is 7.70. The van der Waals surface area contributed by atoms with Gasteiger partial charge in [-0.2, -0.15) is 0 Å². The molecule has 21 heavy (non-hydrogen) atoms. The zero-order valence-electron chi connectivity index (χ0n) is 13.1. The molecule has 0 saturated carbocycles. The minimum absolute atomic E-state index is 0.403. The van der Waals surface area contributed by atoms with Crippen molar-refractivity contribution in [1.29, 1.82) is 0 Å². The molecule has 2 heteroatoms. The summed E-state index contributed by atoms with van der Waals surface area (Å²) in [6.45, 7) is 3.93. The van der Waals surface area contributed by atoms with Crippen LogP contribution in [-0.4, -0.2) is 24.5 Å². The summed E-state index contributed by atoms with van der Waals surface area (Å²) in [4.78, 5) is 2.37. The van der Waals surface area contributed by atoms with E-state index in [1.54, 1.807) is 0 Å². The molecule has 2 atom stereocenters. The second-order valence-corrected chi connectivity index (χ2v) is 5.84. The molecule has 0 heterocycles. The second-order valence-electron chi connectivity index (χ2n) is 5.84. The third kappa shape index (κ3) is 4.69. The van der Waals surface area contributed by atoms with Crippen molar-refractivity contribution in [2.24, 2.45) is 5.73 Å². The number of benzene rings is 2. The van der Waals surface area contributed by atoms with Crippen molar-refractivity contribution < 1.29 is 0 Å². The van der Waals surface area contributed by atoms with E-state index < -0.39 is 0 Å². The molecule has 2 rings (SSSR count). The van der Waals surface area contributed by atoms with Gasteiger partial charge < -0.3 is 5.73 Å². The van der Waals surface area contributed by atoms with Crippen molar-refractivity contribution in [3.05, 3.63) is 71.8 Å². The topological polar surface area (TPSA) is 29.3 Å². The van der Waals surface area contributed by atoms with Crippen LogP contribution in [0.25, 0.3) is 0 Å². The minimum Gasteiger partial charge on any atom is -0.329 e. The molecule has 0 aliphatic heterocycles. The zero-order valence-corrected chi connectivity index (χ0v) is 13.1. The maximum Gasteiger partial charge on any atom is 0.0234 e. The van der Waals surface area contributed by atoms with E-state index in [2.05, 4.69) is 79.5 Å². The Bertz CT molecular complexity index is 510. The van der Waals surface area contributed by atoms with Gasteiger partial charge in [0.2, 0.25) is 0 Å². The number of hydrogen-bond donors (Lipinski definition) is 1. The van der Waals surface area contributed by atoms with Crippen LogP contribution in [0.3, 0.4) is 0 Å². The maximum absolute atomic E-state index is 6.01. The number of rotatable bonds is 7. The molecule has 0 aliphatic rings. The summed E-state index contributed by atoms with van der Waals surface area (Å²) in [6, 6.07) is 21.7. The number of likely N-dealkylation sites (N-methyl/N-ethyl adjacent to an activating group) is 1. The van der Waals surface area contributed by atoms with Gasteiger partial charge in [0.25, 0.3) is 0 Å². The molecule has 0 saturated heterocycles. The molecule has 0 aliphatic carbocycles. The summed E-state index contributed by atoms with van der Waals surface area (Å²) in [7, 11) is 2.17. The van der Waals surface area contributed by atoms with E-state index in [1.807, 2.05) is 0 Å². The van der Waals surface area contributed by atoms with Crippen LogP contribution >= 0.6 is 0 Å². The van der Waals surface area contributed by atoms with Crippen molar-refractivity contribution in [2.75, 3.05) is 13.6 Å². The van der Waals surface area contributed by atoms with Gasteiger partial charge in [-0.25, -0.2) is 0 Å². The molecular weight excluding hydrogens is 256 g/mol. The summed E-state index contributed by atoms with van der Waals surface area (Å²) in [5.41, 5.74) is 8.74. The van der Waals surface area contributed by atoms with Crippen molar-refractivity contribution in [3.8, 4) is 0 Å². The van der Waals surface area contributed by atoms with E-state index >= 15 is 0 Å². The lowest BCUT2D eigenvalue weighted by molar-refractivity contribution is 0.219. The smallest absolute Gasteiger partial charge is 0.0234 e. The summed E-state index contributed by atoms with van der Waals surface area (Å²) < 4.78 is 0. The van der Waals surface area contributed by atoms with Crippen LogP contribution in [0.5, 0.6) is 0 Å². The van der Waals surface area contributed by atoms with Gasteiger partial charge in [0.05, 0.1) is 0 Å². The van der Waals surface area contributed by atoms with E-state index in [0.717, 1.165) is 13.0 Å². The fourth-order valence-corrected chi connectivity index (χ4v) is 2.78. The Labute approximate surface area is 128 Å². The largest absolute Gasteiger partial charge is 0.329 e. The standard InChI is InChI=1S/C19H26N2/c1-16(18-11-7-4-8-12-18)13-19(14-20)21(2)15-17-9-5-3-6-10-17/h3-12,16,19H,13-15,20H2,1-2H3. The number of nitrogens with two attached hydrogens (primary N) is 1. The van der Waals surface area contributed by atoms with E-state index in [4.69, 9.17) is 5.73 Å². The quantitative estimate of drug-likeness (QED) is 0.840. The van der Waals surface area contributed by atoms with Gasteiger partial charge in [0.15, 0.2) is 0 Å². The first kappa shape index (κ1) is 15.7. The number of nitrogens with zero attached hydrogens (tertiary/aromatic N) is 1. The first-order chi connectivity index (χ1) is 10.2. The average Bonchev–Trinajstić information content (AvgIpc) is 2.54. The maximum atomic E-state index is 6.01. The molecule has 0 amide bonds. The van der Waals surface area contributed by atoms with Crippen molar-refractivity contribution in [3.63, 3.8) is 0 Å². The Morgan fingerprint density at radius 3 is 2.10 bits per heavy atom. The molecule has 2 aromatic rings. The molecule has 0 aromatic heterocycles. The lowest BCUT2D eigenvalue weighted by Gasteiger charge is -2.29. The van der Waals surface area contributed by atoms with Gasteiger partial charge in [0.1, 0.15) is 0 Å². The molecule has 0 fully saturated rings. The van der Waals surface area contributed by atoms with E-state index in [-0.39, 0.29) is 0 Å². The van der Waals surface area contributed by atoms with Crippen LogP contribution in [0.15, 0.2) is 60.7 Å². The van der Waals surface area contributed by atoms with Crippen molar-refractivity contribution >= 4 is 0 Å². The van der Waals surface area contributed by atoms with Gasteiger partial charge in [-0.05, 0) is 30.5 Å². The lowest BCUT2D eigenvalue weighted by Crippen LogP contribution is -2.38. The Kier molecular flexibility index (Phi) is 5.97. The minimum atomic E-state index is 0.403. The van der Waals surface area contributed by atoms with Crippen LogP contribution in [0, 0.1) is 0 Å². The molecule has 2 nitrogen and oxygen atoms in total. The lowest BCUT2D eigenvalue weighted by atomic mass is 9.93. The van der Waals surface area contributed by atoms with Crippen LogP contribution in [-0.2, 0) is 6.54 Å². The fourth-order valence-electron chi connectivity index (χ4n) is 2.78.